The Labute approximate surface area is 128 Å². The SMILES string of the molecule is CCOCCC1(CNC(=O)[C@H]2CN(C)CCO2)CCCC1. The van der Waals surface area contributed by atoms with E-state index >= 15 is 0 Å². The van der Waals surface area contributed by atoms with E-state index in [1.165, 1.54) is 25.7 Å². The van der Waals surface area contributed by atoms with Gasteiger partial charge in [0.25, 0.3) is 0 Å². The molecule has 1 aliphatic heterocycles. The van der Waals surface area contributed by atoms with E-state index in [1.807, 2.05) is 14.0 Å². The Balaban J connectivity index is 1.79. The molecule has 2 fully saturated rings. The van der Waals surface area contributed by atoms with Gasteiger partial charge in [0.05, 0.1) is 6.61 Å². The number of carbonyl (C=O) groups is 1. The van der Waals surface area contributed by atoms with Crippen LogP contribution in [0.2, 0.25) is 0 Å². The fraction of sp³-hybridized carbons (Fsp3) is 0.938. The maximum absolute atomic E-state index is 12.3. The summed E-state index contributed by atoms with van der Waals surface area (Å²) in [7, 11) is 2.03. The van der Waals surface area contributed by atoms with Crippen molar-refractivity contribution in [1.82, 2.24) is 10.2 Å². The summed E-state index contributed by atoms with van der Waals surface area (Å²) in [6.07, 6.45) is 5.67. The molecule has 1 atom stereocenters. The topological polar surface area (TPSA) is 50.8 Å². The highest BCUT2D eigenvalue weighted by Crippen LogP contribution is 2.40. The summed E-state index contributed by atoms with van der Waals surface area (Å²) in [6, 6.07) is 0. The molecule has 0 radical (unpaired) electrons. The Morgan fingerprint density at radius 2 is 2.19 bits per heavy atom. The summed E-state index contributed by atoms with van der Waals surface area (Å²) < 4.78 is 11.1. The van der Waals surface area contributed by atoms with Gasteiger partial charge in [-0.05, 0) is 38.6 Å². The average molecular weight is 298 g/mol. The fourth-order valence-electron chi connectivity index (χ4n) is 3.40. The van der Waals surface area contributed by atoms with E-state index in [-0.39, 0.29) is 17.4 Å². The van der Waals surface area contributed by atoms with Gasteiger partial charge in [0.2, 0.25) is 5.91 Å². The molecule has 1 heterocycles. The maximum Gasteiger partial charge on any atom is 0.250 e. The number of hydrogen-bond acceptors (Lipinski definition) is 4. The van der Waals surface area contributed by atoms with Crippen LogP contribution in [0.25, 0.3) is 0 Å². The van der Waals surface area contributed by atoms with Crippen molar-refractivity contribution in [3.8, 4) is 0 Å². The van der Waals surface area contributed by atoms with Crippen LogP contribution in [0.5, 0.6) is 0 Å². The van der Waals surface area contributed by atoms with Gasteiger partial charge in [-0.25, -0.2) is 0 Å². The molecule has 0 spiro atoms. The van der Waals surface area contributed by atoms with Crippen LogP contribution < -0.4 is 5.32 Å². The van der Waals surface area contributed by atoms with Crippen molar-refractivity contribution in [3.63, 3.8) is 0 Å². The van der Waals surface area contributed by atoms with Gasteiger partial charge >= 0.3 is 0 Å². The Hall–Kier alpha value is -0.650. The lowest BCUT2D eigenvalue weighted by molar-refractivity contribution is -0.138. The van der Waals surface area contributed by atoms with Crippen molar-refractivity contribution in [2.75, 3.05) is 46.5 Å². The van der Waals surface area contributed by atoms with E-state index in [2.05, 4.69) is 10.2 Å². The van der Waals surface area contributed by atoms with Crippen molar-refractivity contribution in [2.24, 2.45) is 5.41 Å². The zero-order valence-corrected chi connectivity index (χ0v) is 13.5. The monoisotopic (exact) mass is 298 g/mol. The molecule has 1 aliphatic carbocycles. The number of amides is 1. The molecule has 21 heavy (non-hydrogen) atoms. The Bertz CT molecular complexity index is 329. The highest BCUT2D eigenvalue weighted by atomic mass is 16.5. The molecule has 0 aromatic heterocycles. The van der Waals surface area contributed by atoms with Crippen LogP contribution in [-0.2, 0) is 14.3 Å². The lowest BCUT2D eigenvalue weighted by Gasteiger charge is -2.32. The van der Waals surface area contributed by atoms with Gasteiger partial charge in [-0.15, -0.1) is 0 Å². The molecule has 2 rings (SSSR count). The van der Waals surface area contributed by atoms with Crippen LogP contribution >= 0.6 is 0 Å². The standard InChI is InChI=1S/C16H30N2O3/c1-3-20-10-8-16(6-4-5-7-16)13-17-15(19)14-12-18(2)9-11-21-14/h14H,3-13H2,1-2H3,(H,17,19)/t14-/m1/s1. The van der Waals surface area contributed by atoms with Gasteiger partial charge in [-0.2, -0.15) is 0 Å². The maximum atomic E-state index is 12.3. The third kappa shape index (κ3) is 4.94. The number of carbonyl (C=O) groups excluding carboxylic acids is 1. The van der Waals surface area contributed by atoms with Crippen LogP contribution in [-0.4, -0.2) is 63.4 Å². The molecule has 0 aromatic rings. The molecule has 0 aromatic carbocycles. The van der Waals surface area contributed by atoms with Crippen LogP contribution in [0.15, 0.2) is 0 Å². The molecule has 0 unspecified atom stereocenters. The van der Waals surface area contributed by atoms with Crippen molar-refractivity contribution in [2.45, 2.75) is 45.1 Å². The third-order valence-electron chi connectivity index (χ3n) is 4.84. The number of nitrogens with one attached hydrogen (secondary N) is 1. The second-order valence-corrected chi connectivity index (χ2v) is 6.49. The van der Waals surface area contributed by atoms with Crippen LogP contribution in [0, 0.1) is 5.41 Å². The first kappa shape index (κ1) is 16.7. The molecule has 0 bridgehead atoms. The smallest absolute Gasteiger partial charge is 0.250 e. The van der Waals surface area contributed by atoms with Crippen LogP contribution in [0.3, 0.4) is 0 Å². The van der Waals surface area contributed by atoms with Crippen molar-refractivity contribution in [1.29, 1.82) is 0 Å². The summed E-state index contributed by atoms with van der Waals surface area (Å²) in [6.45, 7) is 6.60. The lowest BCUT2D eigenvalue weighted by Crippen LogP contribution is -2.50. The number of ether oxygens (including phenoxy) is 2. The molecule has 2 aliphatic rings. The van der Waals surface area contributed by atoms with Crippen molar-refractivity contribution < 1.29 is 14.3 Å². The lowest BCUT2D eigenvalue weighted by atomic mass is 9.83. The first-order valence-corrected chi connectivity index (χ1v) is 8.31. The van der Waals surface area contributed by atoms with E-state index < -0.39 is 0 Å². The normalized spacial score (nSPS) is 25.9. The Morgan fingerprint density at radius 3 is 2.86 bits per heavy atom. The minimum Gasteiger partial charge on any atom is -0.382 e. The van der Waals surface area contributed by atoms with Gasteiger partial charge in [0.15, 0.2) is 0 Å². The minimum atomic E-state index is -0.311. The molecule has 1 saturated carbocycles. The zero-order chi connectivity index (χ0) is 15.1. The number of hydrogen-bond donors (Lipinski definition) is 1. The number of nitrogens with zero attached hydrogens (tertiary/aromatic N) is 1. The predicted octanol–water partition coefficient (Wildman–Crippen LogP) is 1.42. The molecule has 1 N–H and O–H groups in total. The second-order valence-electron chi connectivity index (χ2n) is 6.49. The van der Waals surface area contributed by atoms with E-state index in [1.54, 1.807) is 0 Å². The van der Waals surface area contributed by atoms with Gasteiger partial charge < -0.3 is 19.7 Å². The first-order chi connectivity index (χ1) is 10.2. The Kier molecular flexibility index (Phi) is 6.45. The largest absolute Gasteiger partial charge is 0.382 e. The van der Waals surface area contributed by atoms with E-state index in [9.17, 15) is 4.79 Å². The van der Waals surface area contributed by atoms with Crippen molar-refractivity contribution in [3.05, 3.63) is 0 Å². The van der Waals surface area contributed by atoms with Crippen molar-refractivity contribution >= 4 is 5.91 Å². The summed E-state index contributed by atoms with van der Waals surface area (Å²) >= 11 is 0. The van der Waals surface area contributed by atoms with Gasteiger partial charge in [0, 0.05) is 32.8 Å². The molecule has 1 saturated heterocycles. The first-order valence-electron chi connectivity index (χ1n) is 8.31. The summed E-state index contributed by atoms with van der Waals surface area (Å²) in [5, 5.41) is 3.14. The quantitative estimate of drug-likeness (QED) is 0.722. The minimum absolute atomic E-state index is 0.0456. The van der Waals surface area contributed by atoms with Crippen LogP contribution in [0.4, 0.5) is 0 Å². The number of rotatable bonds is 7. The summed E-state index contributed by atoms with van der Waals surface area (Å²) in [4.78, 5) is 14.4. The molecule has 122 valence electrons. The third-order valence-corrected chi connectivity index (χ3v) is 4.84. The number of morpholine rings is 1. The zero-order valence-electron chi connectivity index (χ0n) is 13.5. The highest BCUT2D eigenvalue weighted by molar-refractivity contribution is 5.81. The summed E-state index contributed by atoms with van der Waals surface area (Å²) in [5.41, 5.74) is 0.241. The highest BCUT2D eigenvalue weighted by Gasteiger charge is 2.35. The molecular weight excluding hydrogens is 268 g/mol. The Morgan fingerprint density at radius 1 is 1.43 bits per heavy atom. The molecule has 5 heteroatoms. The fourth-order valence-corrected chi connectivity index (χ4v) is 3.40. The van der Waals surface area contributed by atoms with E-state index in [0.717, 1.165) is 32.7 Å². The predicted molar refractivity (Wildman–Crippen MR) is 82.3 cm³/mol. The number of likely N-dealkylation sites (N-methyl/N-ethyl adjacent to an activating group) is 1. The van der Waals surface area contributed by atoms with E-state index in [0.29, 0.717) is 13.2 Å². The van der Waals surface area contributed by atoms with Gasteiger partial charge in [-0.3, -0.25) is 4.79 Å². The van der Waals surface area contributed by atoms with Crippen LogP contribution in [0.1, 0.15) is 39.0 Å². The molecule has 1 amide bonds. The molecule has 5 nitrogen and oxygen atoms in total. The van der Waals surface area contributed by atoms with Gasteiger partial charge in [-0.1, -0.05) is 12.8 Å². The van der Waals surface area contributed by atoms with Gasteiger partial charge in [0.1, 0.15) is 6.10 Å². The molecular formula is C16H30N2O3. The average Bonchev–Trinajstić information content (AvgIpc) is 2.94. The second kappa shape index (κ2) is 8.11. The summed E-state index contributed by atoms with van der Waals surface area (Å²) in [5.74, 6) is 0.0456. The van der Waals surface area contributed by atoms with E-state index in [4.69, 9.17) is 9.47 Å².